The van der Waals surface area contributed by atoms with Gasteiger partial charge in [0.1, 0.15) is 5.78 Å². The van der Waals surface area contributed by atoms with Crippen LogP contribution in [0.15, 0.2) is 12.1 Å². The highest BCUT2D eigenvalue weighted by Crippen LogP contribution is 2.23. The summed E-state index contributed by atoms with van der Waals surface area (Å²) >= 11 is 7.13. The van der Waals surface area contributed by atoms with Crippen LogP contribution in [0.4, 0.5) is 0 Å². The Labute approximate surface area is 116 Å². The number of carbonyl (C=O) groups is 2. The molecule has 1 aliphatic rings. The summed E-state index contributed by atoms with van der Waals surface area (Å²) in [4.78, 5) is 26.4. The fourth-order valence-corrected chi connectivity index (χ4v) is 3.20. The summed E-state index contributed by atoms with van der Waals surface area (Å²) in [6.45, 7) is 3.81. The lowest BCUT2D eigenvalue weighted by molar-refractivity contribution is -0.126. The van der Waals surface area contributed by atoms with E-state index in [2.05, 4.69) is 4.90 Å². The lowest BCUT2D eigenvalue weighted by Crippen LogP contribution is -2.42. The molecule has 0 aromatic carbocycles. The number of piperidine rings is 1. The largest absolute Gasteiger partial charge is 0.299 e. The molecule has 98 valence electrons. The van der Waals surface area contributed by atoms with Crippen LogP contribution in [0.5, 0.6) is 0 Å². The number of rotatable bonds is 4. The molecule has 0 aliphatic carbocycles. The first-order chi connectivity index (χ1) is 8.60. The minimum absolute atomic E-state index is 0.0936. The zero-order chi connectivity index (χ0) is 13.1. The monoisotopic (exact) mass is 285 g/mol. The van der Waals surface area contributed by atoms with Crippen molar-refractivity contribution in [2.45, 2.75) is 19.8 Å². The molecule has 18 heavy (non-hydrogen) atoms. The Kier molecular flexibility index (Phi) is 4.54. The zero-order valence-electron chi connectivity index (χ0n) is 10.3. The van der Waals surface area contributed by atoms with E-state index in [1.165, 1.54) is 11.3 Å². The average Bonchev–Trinajstić information content (AvgIpc) is 2.78. The maximum atomic E-state index is 12.0. The van der Waals surface area contributed by atoms with Gasteiger partial charge in [0.2, 0.25) is 0 Å². The highest BCUT2D eigenvalue weighted by molar-refractivity contribution is 7.18. The van der Waals surface area contributed by atoms with Crippen molar-refractivity contribution in [2.24, 2.45) is 5.92 Å². The first-order valence-electron chi connectivity index (χ1n) is 6.13. The second kappa shape index (κ2) is 5.95. The first kappa shape index (κ1) is 13.7. The number of Topliss-reactive ketones (excluding diaryl/α,β-unsaturated/α-hetero) is 2. The Morgan fingerprint density at radius 3 is 2.94 bits per heavy atom. The zero-order valence-corrected chi connectivity index (χ0v) is 11.9. The molecule has 0 radical (unpaired) electrons. The number of thiophene rings is 1. The maximum absolute atomic E-state index is 12.0. The molecule has 2 rings (SSSR count). The SMILES string of the molecule is CCC1CN(CC(=O)c2ccc(Cl)s2)CCC1=O. The van der Waals surface area contributed by atoms with Crippen molar-refractivity contribution in [1.82, 2.24) is 4.90 Å². The molecule has 1 aromatic rings. The van der Waals surface area contributed by atoms with Crippen LogP contribution in [-0.2, 0) is 4.79 Å². The van der Waals surface area contributed by atoms with Crippen molar-refractivity contribution >= 4 is 34.5 Å². The standard InChI is InChI=1S/C13H16ClNO2S/c1-2-9-7-15(6-5-10(9)16)8-11(17)12-3-4-13(14)18-12/h3-4,9H,2,5-8H2,1H3. The minimum Gasteiger partial charge on any atom is -0.299 e. The second-order valence-corrected chi connectivity index (χ2v) is 6.30. The van der Waals surface area contributed by atoms with Crippen LogP contribution in [0, 0.1) is 5.92 Å². The normalized spacial score (nSPS) is 21.2. The average molecular weight is 286 g/mol. The van der Waals surface area contributed by atoms with E-state index < -0.39 is 0 Å². The summed E-state index contributed by atoms with van der Waals surface area (Å²) in [5, 5.41) is 0. The molecule has 1 fully saturated rings. The van der Waals surface area contributed by atoms with Gasteiger partial charge in [-0.1, -0.05) is 18.5 Å². The predicted octanol–water partition coefficient (Wildman–Crippen LogP) is 2.89. The Morgan fingerprint density at radius 1 is 1.56 bits per heavy atom. The van der Waals surface area contributed by atoms with Crippen molar-refractivity contribution in [3.05, 3.63) is 21.3 Å². The van der Waals surface area contributed by atoms with E-state index in [9.17, 15) is 9.59 Å². The van der Waals surface area contributed by atoms with Gasteiger partial charge in [-0.3, -0.25) is 14.5 Å². The van der Waals surface area contributed by atoms with Crippen LogP contribution < -0.4 is 0 Å². The van der Waals surface area contributed by atoms with E-state index >= 15 is 0 Å². The summed E-state index contributed by atoms with van der Waals surface area (Å²) in [6, 6.07) is 3.51. The highest BCUT2D eigenvalue weighted by Gasteiger charge is 2.27. The van der Waals surface area contributed by atoms with E-state index in [0.717, 1.165) is 6.42 Å². The Balaban J connectivity index is 1.94. The van der Waals surface area contributed by atoms with Crippen molar-refractivity contribution in [1.29, 1.82) is 0 Å². The molecule has 0 spiro atoms. The summed E-state index contributed by atoms with van der Waals surface area (Å²) in [7, 11) is 0. The molecule has 1 saturated heterocycles. The number of hydrogen-bond acceptors (Lipinski definition) is 4. The predicted molar refractivity (Wildman–Crippen MR) is 73.5 cm³/mol. The molecular weight excluding hydrogens is 270 g/mol. The molecule has 0 bridgehead atoms. The maximum Gasteiger partial charge on any atom is 0.186 e. The van der Waals surface area contributed by atoms with Gasteiger partial charge < -0.3 is 0 Å². The van der Waals surface area contributed by atoms with Gasteiger partial charge in [0, 0.05) is 25.4 Å². The van der Waals surface area contributed by atoms with Gasteiger partial charge in [0.25, 0.3) is 0 Å². The molecule has 0 N–H and O–H groups in total. The fourth-order valence-electron chi connectivity index (χ4n) is 2.22. The number of nitrogens with zero attached hydrogens (tertiary/aromatic N) is 1. The third-order valence-electron chi connectivity index (χ3n) is 3.32. The van der Waals surface area contributed by atoms with Crippen LogP contribution in [0.1, 0.15) is 29.4 Å². The van der Waals surface area contributed by atoms with Crippen molar-refractivity contribution in [3.8, 4) is 0 Å². The fraction of sp³-hybridized carbons (Fsp3) is 0.538. The topological polar surface area (TPSA) is 37.4 Å². The number of hydrogen-bond donors (Lipinski definition) is 0. The molecular formula is C13H16ClNO2S. The molecule has 1 atom stereocenters. The quantitative estimate of drug-likeness (QED) is 0.798. The molecule has 5 heteroatoms. The molecule has 3 nitrogen and oxygen atoms in total. The van der Waals surface area contributed by atoms with Gasteiger partial charge in [-0.15, -0.1) is 11.3 Å². The Bertz CT molecular complexity index is 458. The lowest BCUT2D eigenvalue weighted by Gasteiger charge is -2.30. The van der Waals surface area contributed by atoms with E-state index in [4.69, 9.17) is 11.6 Å². The number of ketones is 2. The van der Waals surface area contributed by atoms with Gasteiger partial charge in [-0.05, 0) is 18.6 Å². The second-order valence-electron chi connectivity index (χ2n) is 4.58. The van der Waals surface area contributed by atoms with Crippen LogP contribution in [-0.4, -0.2) is 36.1 Å². The summed E-state index contributed by atoms with van der Waals surface area (Å²) in [5.41, 5.74) is 0. The lowest BCUT2D eigenvalue weighted by atomic mass is 9.94. The third kappa shape index (κ3) is 3.19. The van der Waals surface area contributed by atoms with Crippen LogP contribution in [0.3, 0.4) is 0 Å². The van der Waals surface area contributed by atoms with Gasteiger partial charge in [0.05, 0.1) is 15.8 Å². The smallest absolute Gasteiger partial charge is 0.186 e. The van der Waals surface area contributed by atoms with Crippen LogP contribution >= 0.6 is 22.9 Å². The van der Waals surface area contributed by atoms with Crippen molar-refractivity contribution in [2.75, 3.05) is 19.6 Å². The summed E-state index contributed by atoms with van der Waals surface area (Å²) in [5.74, 6) is 0.523. The van der Waals surface area contributed by atoms with E-state index in [1.54, 1.807) is 12.1 Å². The summed E-state index contributed by atoms with van der Waals surface area (Å²) in [6.07, 6.45) is 1.42. The highest BCUT2D eigenvalue weighted by atomic mass is 35.5. The van der Waals surface area contributed by atoms with Gasteiger partial charge in [-0.2, -0.15) is 0 Å². The third-order valence-corrected chi connectivity index (χ3v) is 4.59. The van der Waals surface area contributed by atoms with Crippen molar-refractivity contribution in [3.63, 3.8) is 0 Å². The van der Waals surface area contributed by atoms with E-state index in [1.807, 2.05) is 6.92 Å². The first-order valence-corrected chi connectivity index (χ1v) is 7.33. The molecule has 1 aromatic heterocycles. The van der Waals surface area contributed by atoms with Crippen LogP contribution in [0.2, 0.25) is 4.34 Å². The van der Waals surface area contributed by atoms with E-state index in [0.29, 0.717) is 41.1 Å². The Morgan fingerprint density at radius 2 is 2.33 bits per heavy atom. The molecule has 0 amide bonds. The van der Waals surface area contributed by atoms with Gasteiger partial charge >= 0.3 is 0 Å². The Hall–Kier alpha value is -0.710. The number of halogens is 1. The molecule has 2 heterocycles. The van der Waals surface area contributed by atoms with Gasteiger partial charge in [0.15, 0.2) is 5.78 Å². The van der Waals surface area contributed by atoms with Gasteiger partial charge in [-0.25, -0.2) is 0 Å². The minimum atomic E-state index is 0.0936. The number of carbonyl (C=O) groups excluding carboxylic acids is 2. The van der Waals surface area contributed by atoms with E-state index in [-0.39, 0.29) is 11.7 Å². The molecule has 1 unspecified atom stereocenters. The molecule has 1 aliphatic heterocycles. The summed E-state index contributed by atoms with van der Waals surface area (Å²) < 4.78 is 0.638. The molecule has 0 saturated carbocycles. The number of likely N-dealkylation sites (tertiary alicyclic amines) is 1. The van der Waals surface area contributed by atoms with Crippen LogP contribution in [0.25, 0.3) is 0 Å². The van der Waals surface area contributed by atoms with Crippen molar-refractivity contribution < 1.29 is 9.59 Å².